The van der Waals surface area contributed by atoms with Crippen LogP contribution >= 0.6 is 0 Å². The predicted octanol–water partition coefficient (Wildman–Crippen LogP) is 1.48. The number of hydrogen-bond acceptors (Lipinski definition) is 2. The number of rotatable bonds is 2. The molecule has 0 aliphatic carbocycles. The van der Waals surface area contributed by atoms with Crippen molar-refractivity contribution < 1.29 is 0 Å². The second-order valence-corrected chi connectivity index (χ2v) is 2.94. The van der Waals surface area contributed by atoms with Crippen LogP contribution in [0.4, 0.5) is 0 Å². The van der Waals surface area contributed by atoms with Crippen LogP contribution in [0.5, 0.6) is 0 Å². The van der Waals surface area contributed by atoms with Crippen molar-refractivity contribution in [2.45, 2.75) is 20.3 Å². The van der Waals surface area contributed by atoms with E-state index >= 15 is 0 Å². The van der Waals surface area contributed by atoms with E-state index in [9.17, 15) is 0 Å². The van der Waals surface area contributed by atoms with E-state index in [1.54, 1.807) is 6.33 Å². The fraction of sp³-hybridized carbons (Fsp3) is 0.500. The molecular weight excluding hydrogens is 138 g/mol. The largest absolute Gasteiger partial charge is 0.347 e. The molecule has 1 aromatic rings. The van der Waals surface area contributed by atoms with E-state index in [2.05, 4.69) is 23.8 Å². The highest BCUT2D eigenvalue weighted by atomic mass is 14.9. The fourth-order valence-electron chi connectivity index (χ4n) is 0.981. The number of nitriles is 1. The van der Waals surface area contributed by atoms with Gasteiger partial charge in [-0.3, -0.25) is 0 Å². The molecule has 1 heterocycles. The van der Waals surface area contributed by atoms with Gasteiger partial charge in [0.1, 0.15) is 6.07 Å². The summed E-state index contributed by atoms with van der Waals surface area (Å²) in [7, 11) is 0. The molecule has 0 aliphatic heterocycles. The van der Waals surface area contributed by atoms with Gasteiger partial charge in [-0.15, -0.1) is 0 Å². The molecule has 3 heteroatoms. The van der Waals surface area contributed by atoms with Crippen LogP contribution < -0.4 is 0 Å². The molecule has 1 aromatic heterocycles. The minimum atomic E-state index is 0.527. The van der Waals surface area contributed by atoms with E-state index in [4.69, 9.17) is 5.26 Å². The zero-order valence-corrected chi connectivity index (χ0v) is 6.76. The minimum Gasteiger partial charge on any atom is -0.347 e. The van der Waals surface area contributed by atoms with Gasteiger partial charge in [-0.25, -0.2) is 4.98 Å². The van der Waals surface area contributed by atoms with Crippen molar-refractivity contribution in [3.63, 3.8) is 0 Å². The Morgan fingerprint density at radius 1 is 1.73 bits per heavy atom. The molecule has 0 aromatic carbocycles. The number of hydrogen-bond donors (Lipinski definition) is 1. The Hall–Kier alpha value is -1.30. The van der Waals surface area contributed by atoms with Crippen molar-refractivity contribution in [1.82, 2.24) is 9.97 Å². The van der Waals surface area contributed by atoms with E-state index in [1.165, 1.54) is 0 Å². The third-order valence-electron chi connectivity index (χ3n) is 1.44. The molecule has 11 heavy (non-hydrogen) atoms. The molecular formula is C8H11N3. The van der Waals surface area contributed by atoms with Crippen molar-refractivity contribution in [2.75, 3.05) is 0 Å². The summed E-state index contributed by atoms with van der Waals surface area (Å²) in [6.45, 7) is 4.23. The van der Waals surface area contributed by atoms with Gasteiger partial charge >= 0.3 is 0 Å². The molecule has 58 valence electrons. The Bertz CT molecular complexity index is 267. The smallest absolute Gasteiger partial charge is 0.161 e. The third kappa shape index (κ3) is 1.81. The monoisotopic (exact) mass is 149 g/mol. The zero-order valence-electron chi connectivity index (χ0n) is 6.76. The Balaban J connectivity index is 2.79. The summed E-state index contributed by atoms with van der Waals surface area (Å²) in [5, 5.41) is 8.59. The normalized spacial score (nSPS) is 10.0. The summed E-state index contributed by atoms with van der Waals surface area (Å²) < 4.78 is 0. The van der Waals surface area contributed by atoms with Gasteiger partial charge in [0.15, 0.2) is 5.69 Å². The van der Waals surface area contributed by atoms with E-state index < -0.39 is 0 Å². The summed E-state index contributed by atoms with van der Waals surface area (Å²) in [5.41, 5.74) is 1.47. The Kier molecular flexibility index (Phi) is 2.27. The van der Waals surface area contributed by atoms with Crippen LogP contribution in [-0.2, 0) is 6.42 Å². The quantitative estimate of drug-likeness (QED) is 0.692. The van der Waals surface area contributed by atoms with Crippen LogP contribution in [0.15, 0.2) is 6.33 Å². The Labute approximate surface area is 66.1 Å². The number of aromatic nitrogens is 2. The zero-order chi connectivity index (χ0) is 8.27. The van der Waals surface area contributed by atoms with Crippen molar-refractivity contribution >= 4 is 0 Å². The molecule has 0 radical (unpaired) electrons. The highest BCUT2D eigenvalue weighted by Crippen LogP contribution is 2.07. The molecule has 0 spiro atoms. The van der Waals surface area contributed by atoms with Crippen LogP contribution in [0, 0.1) is 17.2 Å². The molecule has 3 nitrogen and oxygen atoms in total. The van der Waals surface area contributed by atoms with Gasteiger partial charge < -0.3 is 4.98 Å². The molecule has 1 rings (SSSR count). The summed E-state index contributed by atoms with van der Waals surface area (Å²) in [6, 6.07) is 2.04. The molecule has 0 saturated carbocycles. The molecule has 0 saturated heterocycles. The Morgan fingerprint density at radius 3 is 3.00 bits per heavy atom. The van der Waals surface area contributed by atoms with Gasteiger partial charge in [-0.2, -0.15) is 5.26 Å². The highest BCUT2D eigenvalue weighted by molar-refractivity contribution is 5.25. The maximum atomic E-state index is 8.59. The van der Waals surface area contributed by atoms with Gasteiger partial charge in [0, 0.05) is 0 Å². The Morgan fingerprint density at radius 2 is 2.45 bits per heavy atom. The SMILES string of the molecule is CC(C)Cc1[nH]cnc1C#N. The van der Waals surface area contributed by atoms with Crippen LogP contribution in [0.2, 0.25) is 0 Å². The lowest BCUT2D eigenvalue weighted by molar-refractivity contribution is 0.636. The van der Waals surface area contributed by atoms with Crippen molar-refractivity contribution in [2.24, 2.45) is 5.92 Å². The van der Waals surface area contributed by atoms with E-state index in [0.29, 0.717) is 11.6 Å². The van der Waals surface area contributed by atoms with Crippen molar-refractivity contribution in [3.8, 4) is 6.07 Å². The standard InChI is InChI=1S/C8H11N3/c1-6(2)3-7-8(4-9)11-5-10-7/h5-6H,3H2,1-2H3,(H,10,11). The summed E-state index contributed by atoms with van der Waals surface area (Å²) in [5.74, 6) is 0.558. The molecule has 0 fully saturated rings. The van der Waals surface area contributed by atoms with Gasteiger partial charge in [-0.05, 0) is 12.3 Å². The van der Waals surface area contributed by atoms with Crippen LogP contribution in [0.3, 0.4) is 0 Å². The number of aromatic amines is 1. The average Bonchev–Trinajstić information content (AvgIpc) is 2.34. The number of nitrogens with one attached hydrogen (secondary N) is 1. The van der Waals surface area contributed by atoms with Gasteiger partial charge in [-0.1, -0.05) is 13.8 Å². The minimum absolute atomic E-state index is 0.527. The maximum Gasteiger partial charge on any atom is 0.161 e. The second-order valence-electron chi connectivity index (χ2n) is 2.94. The first-order chi connectivity index (χ1) is 5.24. The fourth-order valence-corrected chi connectivity index (χ4v) is 0.981. The van der Waals surface area contributed by atoms with Gasteiger partial charge in [0.25, 0.3) is 0 Å². The summed E-state index contributed by atoms with van der Waals surface area (Å²) >= 11 is 0. The lowest BCUT2D eigenvalue weighted by Crippen LogP contribution is -1.96. The lowest BCUT2D eigenvalue weighted by Gasteiger charge is -2.00. The molecule has 1 N–H and O–H groups in total. The van der Waals surface area contributed by atoms with E-state index in [-0.39, 0.29) is 0 Å². The predicted molar refractivity (Wildman–Crippen MR) is 41.8 cm³/mol. The highest BCUT2D eigenvalue weighted by Gasteiger charge is 2.05. The van der Waals surface area contributed by atoms with Gasteiger partial charge in [0.05, 0.1) is 12.0 Å². The number of H-pyrrole nitrogens is 1. The van der Waals surface area contributed by atoms with Crippen molar-refractivity contribution in [1.29, 1.82) is 5.26 Å². The number of imidazole rings is 1. The summed E-state index contributed by atoms with van der Waals surface area (Å²) in [6.07, 6.45) is 2.46. The number of nitrogens with zero attached hydrogens (tertiary/aromatic N) is 2. The summed E-state index contributed by atoms with van der Waals surface area (Å²) in [4.78, 5) is 6.83. The average molecular weight is 149 g/mol. The van der Waals surface area contributed by atoms with E-state index in [0.717, 1.165) is 12.1 Å². The van der Waals surface area contributed by atoms with Crippen LogP contribution in [0.1, 0.15) is 25.2 Å². The second kappa shape index (κ2) is 3.20. The first kappa shape index (κ1) is 7.80. The first-order valence-electron chi connectivity index (χ1n) is 3.66. The van der Waals surface area contributed by atoms with Crippen LogP contribution in [0.25, 0.3) is 0 Å². The maximum absolute atomic E-state index is 8.59. The molecule has 0 unspecified atom stereocenters. The van der Waals surface area contributed by atoms with Crippen molar-refractivity contribution in [3.05, 3.63) is 17.7 Å². The molecule has 0 bridgehead atoms. The van der Waals surface area contributed by atoms with Gasteiger partial charge in [0.2, 0.25) is 0 Å². The third-order valence-corrected chi connectivity index (χ3v) is 1.44. The first-order valence-corrected chi connectivity index (χ1v) is 3.66. The topological polar surface area (TPSA) is 52.5 Å². The molecule has 0 amide bonds. The lowest BCUT2D eigenvalue weighted by atomic mass is 10.1. The molecule has 0 atom stereocenters. The van der Waals surface area contributed by atoms with Crippen LogP contribution in [-0.4, -0.2) is 9.97 Å². The molecule has 0 aliphatic rings. The van der Waals surface area contributed by atoms with E-state index in [1.807, 2.05) is 6.07 Å².